The van der Waals surface area contributed by atoms with Gasteiger partial charge in [0.05, 0.1) is 5.69 Å². The molecular formula is C15H14ClN5. The lowest BCUT2D eigenvalue weighted by Crippen LogP contribution is -2.04. The third-order valence-corrected chi connectivity index (χ3v) is 3.76. The number of nitrogen functional groups attached to an aromatic ring is 1. The summed E-state index contributed by atoms with van der Waals surface area (Å²) in [5.41, 5.74) is 10.6. The van der Waals surface area contributed by atoms with Crippen molar-refractivity contribution in [2.24, 2.45) is 0 Å². The van der Waals surface area contributed by atoms with Crippen LogP contribution in [0.15, 0.2) is 36.4 Å². The molecule has 2 aromatic carbocycles. The minimum atomic E-state index is 0.545. The maximum atomic E-state index is 6.03. The first-order valence-corrected chi connectivity index (χ1v) is 6.86. The van der Waals surface area contributed by atoms with E-state index in [1.807, 2.05) is 25.1 Å². The van der Waals surface area contributed by atoms with Gasteiger partial charge in [-0.05, 0) is 59.7 Å². The summed E-state index contributed by atoms with van der Waals surface area (Å²) in [7, 11) is 0. The van der Waals surface area contributed by atoms with E-state index in [4.69, 9.17) is 17.3 Å². The second-order valence-electron chi connectivity index (χ2n) is 4.86. The molecular weight excluding hydrogens is 286 g/mol. The average molecular weight is 300 g/mol. The first-order chi connectivity index (χ1) is 10.1. The van der Waals surface area contributed by atoms with E-state index in [-0.39, 0.29) is 0 Å². The number of hydrogen-bond donors (Lipinski definition) is 1. The summed E-state index contributed by atoms with van der Waals surface area (Å²) in [6, 6.07) is 11.3. The van der Waals surface area contributed by atoms with Gasteiger partial charge in [-0.15, -0.1) is 5.10 Å². The Labute approximate surface area is 127 Å². The van der Waals surface area contributed by atoms with Gasteiger partial charge in [0.15, 0.2) is 5.82 Å². The van der Waals surface area contributed by atoms with E-state index in [1.165, 1.54) is 5.56 Å². The molecule has 1 aromatic heterocycles. The van der Waals surface area contributed by atoms with Crippen molar-refractivity contribution >= 4 is 17.3 Å². The molecule has 0 saturated carbocycles. The first-order valence-electron chi connectivity index (χ1n) is 6.48. The number of nitrogens with two attached hydrogens (primary N) is 1. The van der Waals surface area contributed by atoms with Gasteiger partial charge in [0.25, 0.3) is 0 Å². The number of halogens is 1. The zero-order valence-electron chi connectivity index (χ0n) is 11.7. The normalized spacial score (nSPS) is 10.8. The highest BCUT2D eigenvalue weighted by Crippen LogP contribution is 2.29. The van der Waals surface area contributed by atoms with Crippen molar-refractivity contribution in [3.8, 4) is 17.1 Å². The Balaban J connectivity index is 2.20. The highest BCUT2D eigenvalue weighted by atomic mass is 35.5. The molecule has 0 atom stereocenters. The van der Waals surface area contributed by atoms with E-state index in [0.717, 1.165) is 16.8 Å². The zero-order valence-corrected chi connectivity index (χ0v) is 12.5. The minimum Gasteiger partial charge on any atom is -0.398 e. The molecule has 5 nitrogen and oxygen atoms in total. The Morgan fingerprint density at radius 1 is 1.14 bits per heavy atom. The van der Waals surface area contributed by atoms with Crippen LogP contribution in [-0.2, 0) is 0 Å². The van der Waals surface area contributed by atoms with Crippen LogP contribution >= 0.6 is 11.6 Å². The number of hydrogen-bond acceptors (Lipinski definition) is 4. The highest BCUT2D eigenvalue weighted by Gasteiger charge is 2.15. The fourth-order valence-electron chi connectivity index (χ4n) is 2.22. The van der Waals surface area contributed by atoms with Crippen LogP contribution in [0.2, 0.25) is 5.02 Å². The standard InChI is InChI=1S/C15H14ClN5/c1-9-4-3-5-14(10(9)2)21-15(18-19-20-21)12-7-6-11(16)8-13(12)17/h3-8H,17H2,1-2H3. The number of benzene rings is 2. The summed E-state index contributed by atoms with van der Waals surface area (Å²) in [5.74, 6) is 0.595. The molecule has 0 unspecified atom stereocenters. The third kappa shape index (κ3) is 2.36. The second kappa shape index (κ2) is 5.18. The molecule has 21 heavy (non-hydrogen) atoms. The Morgan fingerprint density at radius 2 is 1.95 bits per heavy atom. The molecule has 0 spiro atoms. The molecule has 1 heterocycles. The van der Waals surface area contributed by atoms with Gasteiger partial charge >= 0.3 is 0 Å². The van der Waals surface area contributed by atoms with Gasteiger partial charge in [0.2, 0.25) is 0 Å². The van der Waals surface area contributed by atoms with Crippen LogP contribution in [0.5, 0.6) is 0 Å². The number of aryl methyl sites for hydroxylation is 1. The Bertz CT molecular complexity index is 810. The van der Waals surface area contributed by atoms with Crippen molar-refractivity contribution in [3.63, 3.8) is 0 Å². The van der Waals surface area contributed by atoms with Crippen LogP contribution < -0.4 is 5.73 Å². The average Bonchev–Trinajstić information content (AvgIpc) is 2.91. The molecule has 3 aromatic rings. The molecule has 2 N–H and O–H groups in total. The van der Waals surface area contributed by atoms with Gasteiger partial charge in [-0.2, -0.15) is 4.68 Å². The first kappa shape index (κ1) is 13.6. The number of anilines is 1. The lowest BCUT2D eigenvalue weighted by molar-refractivity contribution is 0.786. The smallest absolute Gasteiger partial charge is 0.189 e. The van der Waals surface area contributed by atoms with Crippen LogP contribution in [0.25, 0.3) is 17.1 Å². The summed E-state index contributed by atoms with van der Waals surface area (Å²) in [4.78, 5) is 0. The van der Waals surface area contributed by atoms with E-state index in [0.29, 0.717) is 16.5 Å². The maximum absolute atomic E-state index is 6.03. The summed E-state index contributed by atoms with van der Waals surface area (Å²) >= 11 is 5.94. The van der Waals surface area contributed by atoms with Gasteiger partial charge < -0.3 is 5.73 Å². The van der Waals surface area contributed by atoms with Gasteiger partial charge in [0.1, 0.15) is 0 Å². The van der Waals surface area contributed by atoms with E-state index in [9.17, 15) is 0 Å². The molecule has 0 amide bonds. The fourth-order valence-corrected chi connectivity index (χ4v) is 2.40. The Hall–Kier alpha value is -2.40. The lowest BCUT2D eigenvalue weighted by atomic mass is 10.1. The van der Waals surface area contributed by atoms with E-state index in [2.05, 4.69) is 28.5 Å². The quantitative estimate of drug-likeness (QED) is 0.738. The molecule has 0 aliphatic carbocycles. The van der Waals surface area contributed by atoms with Crippen molar-refractivity contribution in [1.29, 1.82) is 0 Å². The summed E-state index contributed by atoms with van der Waals surface area (Å²) in [5, 5.41) is 12.6. The van der Waals surface area contributed by atoms with Crippen LogP contribution in [0.1, 0.15) is 11.1 Å². The number of aromatic nitrogens is 4. The molecule has 0 radical (unpaired) electrons. The SMILES string of the molecule is Cc1cccc(-n2nnnc2-c2ccc(Cl)cc2N)c1C. The number of rotatable bonds is 2. The summed E-state index contributed by atoms with van der Waals surface area (Å²) in [6.07, 6.45) is 0. The fraction of sp³-hybridized carbons (Fsp3) is 0.133. The number of nitrogens with zero attached hydrogens (tertiary/aromatic N) is 4. The zero-order chi connectivity index (χ0) is 15.0. The molecule has 3 rings (SSSR count). The van der Waals surface area contributed by atoms with Crippen molar-refractivity contribution in [2.45, 2.75) is 13.8 Å². The van der Waals surface area contributed by atoms with Crippen LogP contribution in [-0.4, -0.2) is 20.2 Å². The van der Waals surface area contributed by atoms with Crippen LogP contribution in [0.4, 0.5) is 5.69 Å². The molecule has 0 aliphatic rings. The van der Waals surface area contributed by atoms with Gasteiger partial charge in [-0.1, -0.05) is 23.7 Å². The minimum absolute atomic E-state index is 0.545. The van der Waals surface area contributed by atoms with Gasteiger partial charge in [0, 0.05) is 16.3 Å². The molecule has 0 bridgehead atoms. The maximum Gasteiger partial charge on any atom is 0.189 e. The molecule has 0 fully saturated rings. The number of tetrazole rings is 1. The van der Waals surface area contributed by atoms with Crippen LogP contribution in [0.3, 0.4) is 0 Å². The lowest BCUT2D eigenvalue weighted by Gasteiger charge is -2.11. The van der Waals surface area contributed by atoms with E-state index in [1.54, 1.807) is 16.8 Å². The van der Waals surface area contributed by atoms with E-state index < -0.39 is 0 Å². The largest absolute Gasteiger partial charge is 0.398 e. The monoisotopic (exact) mass is 299 g/mol. The molecule has 0 saturated heterocycles. The van der Waals surface area contributed by atoms with Crippen molar-refractivity contribution in [2.75, 3.05) is 5.73 Å². The highest BCUT2D eigenvalue weighted by molar-refractivity contribution is 6.31. The van der Waals surface area contributed by atoms with Crippen molar-refractivity contribution < 1.29 is 0 Å². The Kier molecular flexibility index (Phi) is 3.35. The van der Waals surface area contributed by atoms with E-state index >= 15 is 0 Å². The second-order valence-corrected chi connectivity index (χ2v) is 5.30. The predicted molar refractivity (Wildman–Crippen MR) is 83.5 cm³/mol. The summed E-state index contributed by atoms with van der Waals surface area (Å²) < 4.78 is 1.70. The summed E-state index contributed by atoms with van der Waals surface area (Å²) in [6.45, 7) is 4.10. The van der Waals surface area contributed by atoms with Gasteiger partial charge in [-0.3, -0.25) is 0 Å². The molecule has 6 heteroatoms. The Morgan fingerprint density at radius 3 is 2.71 bits per heavy atom. The van der Waals surface area contributed by atoms with Gasteiger partial charge in [-0.25, -0.2) is 0 Å². The van der Waals surface area contributed by atoms with Crippen LogP contribution in [0, 0.1) is 13.8 Å². The van der Waals surface area contributed by atoms with Crippen molar-refractivity contribution in [3.05, 3.63) is 52.5 Å². The molecule has 0 aliphatic heterocycles. The van der Waals surface area contributed by atoms with Crippen molar-refractivity contribution in [1.82, 2.24) is 20.2 Å². The topological polar surface area (TPSA) is 69.6 Å². The molecule has 106 valence electrons. The predicted octanol–water partition coefficient (Wildman–Crippen LogP) is 3.18. The third-order valence-electron chi connectivity index (χ3n) is 3.53.